The number of carbonyl (C=O) groups excluding carboxylic acids is 4. The molecule has 1 fully saturated rings. The molecule has 1 atom stereocenters. The number of thiocarbonyl (C=S) groups is 1. The van der Waals surface area contributed by atoms with Crippen molar-refractivity contribution in [3.8, 4) is 0 Å². The van der Waals surface area contributed by atoms with E-state index in [9.17, 15) is 19.2 Å². The average molecular weight is 560 g/mol. The van der Waals surface area contributed by atoms with Gasteiger partial charge in [-0.15, -0.1) is 0 Å². The van der Waals surface area contributed by atoms with Crippen molar-refractivity contribution in [2.45, 2.75) is 25.8 Å². The molecule has 0 bridgehead atoms. The molecular weight excluding hydrogens is 530 g/mol. The zero-order chi connectivity index (χ0) is 28.6. The van der Waals surface area contributed by atoms with Gasteiger partial charge in [-0.05, 0) is 79.7 Å². The summed E-state index contributed by atoms with van der Waals surface area (Å²) in [5.74, 6) is -1.65. The van der Waals surface area contributed by atoms with Crippen molar-refractivity contribution in [1.82, 2.24) is 4.90 Å². The van der Waals surface area contributed by atoms with Gasteiger partial charge in [0.05, 0.1) is 37.0 Å². The lowest BCUT2D eigenvalue weighted by molar-refractivity contribution is -0.124. The van der Waals surface area contributed by atoms with Crippen LogP contribution in [0.25, 0.3) is 0 Å². The molecular formula is C30H29N3O6S. The predicted molar refractivity (Wildman–Crippen MR) is 154 cm³/mol. The van der Waals surface area contributed by atoms with Crippen LogP contribution in [0.5, 0.6) is 0 Å². The second-order valence-corrected chi connectivity index (χ2v) is 9.35. The number of amides is 2. The summed E-state index contributed by atoms with van der Waals surface area (Å²) in [5, 5.41) is 3.07. The van der Waals surface area contributed by atoms with Gasteiger partial charge in [0.2, 0.25) is 5.91 Å². The lowest BCUT2D eigenvalue weighted by atomic mass is 10.1. The fraction of sp³-hybridized carbons (Fsp3) is 0.233. The molecule has 3 aromatic rings. The second-order valence-electron chi connectivity index (χ2n) is 8.99. The number of anilines is 2. The molecule has 0 aromatic heterocycles. The van der Waals surface area contributed by atoms with Gasteiger partial charge in [0, 0.05) is 12.2 Å². The Morgan fingerprint density at radius 3 is 2.15 bits per heavy atom. The average Bonchev–Trinajstić information content (AvgIpc) is 3.20. The highest BCUT2D eigenvalue weighted by Crippen LogP contribution is 2.28. The van der Waals surface area contributed by atoms with Crippen LogP contribution in [0.2, 0.25) is 0 Å². The van der Waals surface area contributed by atoms with Crippen LogP contribution in [-0.4, -0.2) is 60.1 Å². The van der Waals surface area contributed by atoms with E-state index in [0.29, 0.717) is 35.5 Å². The molecule has 1 heterocycles. The van der Waals surface area contributed by atoms with Crippen molar-refractivity contribution in [1.29, 1.82) is 0 Å². The Morgan fingerprint density at radius 2 is 1.52 bits per heavy atom. The number of nitrogens with zero attached hydrogens (tertiary/aromatic N) is 2. The van der Waals surface area contributed by atoms with Crippen LogP contribution < -0.4 is 10.2 Å². The summed E-state index contributed by atoms with van der Waals surface area (Å²) in [4.78, 5) is 53.6. The molecule has 4 rings (SSSR count). The fourth-order valence-electron chi connectivity index (χ4n) is 4.38. The third-order valence-corrected chi connectivity index (χ3v) is 6.83. The number of hydrogen-bond donors (Lipinski definition) is 1. The van der Waals surface area contributed by atoms with E-state index in [4.69, 9.17) is 21.7 Å². The van der Waals surface area contributed by atoms with Gasteiger partial charge in [-0.25, -0.2) is 9.59 Å². The first-order valence-electron chi connectivity index (χ1n) is 12.8. The quantitative estimate of drug-likeness (QED) is 0.291. The molecule has 1 aliphatic heterocycles. The largest absolute Gasteiger partial charge is 0.465 e. The number of carbonyl (C=O) groups is 4. The Morgan fingerprint density at radius 1 is 0.900 bits per heavy atom. The molecule has 0 saturated carbocycles. The Hall–Kier alpha value is -4.57. The van der Waals surface area contributed by atoms with E-state index in [1.165, 1.54) is 12.0 Å². The minimum atomic E-state index is -0.824. The number of hydrogen-bond acceptors (Lipinski definition) is 7. The lowest BCUT2D eigenvalue weighted by Crippen LogP contribution is -2.39. The Bertz CT molecular complexity index is 1390. The van der Waals surface area contributed by atoms with Crippen LogP contribution in [-0.2, 0) is 25.5 Å². The highest BCUT2D eigenvalue weighted by molar-refractivity contribution is 7.80. The number of esters is 2. The van der Waals surface area contributed by atoms with E-state index >= 15 is 0 Å². The van der Waals surface area contributed by atoms with Gasteiger partial charge < -0.3 is 19.7 Å². The maximum absolute atomic E-state index is 13.7. The summed E-state index contributed by atoms with van der Waals surface area (Å²) < 4.78 is 9.74. The molecule has 2 amide bonds. The maximum atomic E-state index is 13.7. The van der Waals surface area contributed by atoms with Gasteiger partial charge in [0.15, 0.2) is 5.11 Å². The molecule has 1 saturated heterocycles. The van der Waals surface area contributed by atoms with Gasteiger partial charge in [-0.3, -0.25) is 14.5 Å². The lowest BCUT2D eigenvalue weighted by Gasteiger charge is -2.24. The SMILES string of the molecule is CCOC(=O)c1ccc(N2C(=O)C(CC(=O)Nc3ccc(C(=O)OC)cc3)N(CCc3ccccc3)C2=S)cc1. The van der Waals surface area contributed by atoms with Crippen LogP contribution in [0, 0.1) is 0 Å². The van der Waals surface area contributed by atoms with Gasteiger partial charge in [0.1, 0.15) is 6.04 Å². The Labute approximate surface area is 237 Å². The van der Waals surface area contributed by atoms with Crippen LogP contribution >= 0.6 is 12.2 Å². The van der Waals surface area contributed by atoms with E-state index in [1.54, 1.807) is 60.4 Å². The summed E-state index contributed by atoms with van der Waals surface area (Å²) in [6.45, 7) is 2.41. The van der Waals surface area contributed by atoms with Gasteiger partial charge >= 0.3 is 11.9 Å². The second kappa shape index (κ2) is 13.0. The molecule has 1 unspecified atom stereocenters. The van der Waals surface area contributed by atoms with Crippen molar-refractivity contribution in [3.63, 3.8) is 0 Å². The number of ether oxygens (including phenoxy) is 2. The summed E-state index contributed by atoms with van der Waals surface area (Å²) in [6, 6.07) is 21.7. The standard InChI is InChI=1S/C30H29N3O6S/c1-3-39-29(37)22-11-15-24(16-12-22)33-27(35)25(32(30(33)40)18-17-20-7-5-4-6-8-20)19-26(34)31-23-13-9-21(10-14-23)28(36)38-2/h4-16,25H,3,17-19H2,1-2H3,(H,31,34). The highest BCUT2D eigenvalue weighted by Gasteiger charge is 2.44. The van der Waals surface area contributed by atoms with Crippen molar-refractivity contribution >= 4 is 52.5 Å². The van der Waals surface area contributed by atoms with Crippen LogP contribution in [0.4, 0.5) is 11.4 Å². The number of nitrogens with one attached hydrogen (secondary N) is 1. The zero-order valence-electron chi connectivity index (χ0n) is 22.2. The van der Waals surface area contributed by atoms with Crippen molar-refractivity contribution in [2.24, 2.45) is 0 Å². The smallest absolute Gasteiger partial charge is 0.338 e. The molecule has 1 aliphatic rings. The number of benzene rings is 3. The van der Waals surface area contributed by atoms with E-state index in [-0.39, 0.29) is 30.0 Å². The molecule has 3 aromatic carbocycles. The van der Waals surface area contributed by atoms with Crippen LogP contribution in [0.15, 0.2) is 78.9 Å². The first-order chi connectivity index (χ1) is 19.3. The van der Waals surface area contributed by atoms with E-state index in [2.05, 4.69) is 5.32 Å². The predicted octanol–water partition coefficient (Wildman–Crippen LogP) is 4.22. The molecule has 206 valence electrons. The first-order valence-corrected chi connectivity index (χ1v) is 13.2. The summed E-state index contributed by atoms with van der Waals surface area (Å²) in [7, 11) is 1.29. The van der Waals surface area contributed by atoms with Crippen molar-refractivity contribution in [3.05, 3.63) is 95.6 Å². The van der Waals surface area contributed by atoms with Gasteiger partial charge in [-0.1, -0.05) is 30.3 Å². The normalized spacial score (nSPS) is 14.7. The topological polar surface area (TPSA) is 105 Å². The Kier molecular flexibility index (Phi) is 9.23. The van der Waals surface area contributed by atoms with Gasteiger partial charge in [0.25, 0.3) is 5.91 Å². The summed E-state index contributed by atoms with van der Waals surface area (Å²) in [6.07, 6.45) is 0.487. The van der Waals surface area contributed by atoms with Crippen LogP contribution in [0.1, 0.15) is 39.6 Å². The minimum absolute atomic E-state index is 0.135. The molecule has 40 heavy (non-hydrogen) atoms. The van der Waals surface area contributed by atoms with E-state index in [0.717, 1.165) is 5.56 Å². The molecule has 0 spiro atoms. The van der Waals surface area contributed by atoms with Crippen molar-refractivity contribution in [2.75, 3.05) is 30.5 Å². The van der Waals surface area contributed by atoms with Crippen molar-refractivity contribution < 1.29 is 28.7 Å². The zero-order valence-corrected chi connectivity index (χ0v) is 23.0. The minimum Gasteiger partial charge on any atom is -0.465 e. The molecule has 0 aliphatic carbocycles. The summed E-state index contributed by atoms with van der Waals surface area (Å²) in [5.41, 5.74) is 2.76. The fourth-order valence-corrected chi connectivity index (χ4v) is 4.79. The molecule has 9 nitrogen and oxygen atoms in total. The molecule has 1 N–H and O–H groups in total. The van der Waals surface area contributed by atoms with E-state index < -0.39 is 18.0 Å². The number of methoxy groups -OCH3 is 1. The Balaban J connectivity index is 1.53. The third kappa shape index (κ3) is 6.52. The number of rotatable bonds is 10. The first kappa shape index (κ1) is 28.4. The molecule has 10 heteroatoms. The monoisotopic (exact) mass is 559 g/mol. The van der Waals surface area contributed by atoms with Crippen LogP contribution in [0.3, 0.4) is 0 Å². The third-order valence-electron chi connectivity index (χ3n) is 6.41. The molecule has 0 radical (unpaired) electrons. The van der Waals surface area contributed by atoms with Gasteiger partial charge in [-0.2, -0.15) is 0 Å². The summed E-state index contributed by atoms with van der Waals surface area (Å²) >= 11 is 5.74. The highest BCUT2D eigenvalue weighted by atomic mass is 32.1. The maximum Gasteiger partial charge on any atom is 0.338 e. The van der Waals surface area contributed by atoms with E-state index in [1.807, 2.05) is 30.3 Å².